The van der Waals surface area contributed by atoms with Gasteiger partial charge >= 0.3 is 0 Å². The van der Waals surface area contributed by atoms with Gasteiger partial charge in [0, 0.05) is 12.8 Å². The van der Waals surface area contributed by atoms with Gasteiger partial charge in [-0.15, -0.1) is 0 Å². The Labute approximate surface area is 122 Å². The van der Waals surface area contributed by atoms with E-state index in [4.69, 9.17) is 4.84 Å². The van der Waals surface area contributed by atoms with Gasteiger partial charge in [-0.1, -0.05) is 52.4 Å². The second-order valence-corrected chi connectivity index (χ2v) is 6.04. The fourth-order valence-electron chi connectivity index (χ4n) is 2.59. The van der Waals surface area contributed by atoms with E-state index in [9.17, 15) is 9.59 Å². The van der Waals surface area contributed by atoms with Crippen LogP contribution in [0.4, 0.5) is 0 Å². The first kappa shape index (κ1) is 17.2. The Balaban J connectivity index is 2.60. The van der Waals surface area contributed by atoms with Crippen LogP contribution in [0.25, 0.3) is 0 Å². The molecule has 0 radical (unpaired) electrons. The lowest BCUT2D eigenvalue weighted by Crippen LogP contribution is -2.41. The number of hydrogen-bond donors (Lipinski definition) is 0. The molecule has 1 fully saturated rings. The van der Waals surface area contributed by atoms with Crippen molar-refractivity contribution >= 4 is 11.8 Å². The third kappa shape index (κ3) is 5.23. The molecule has 1 aliphatic heterocycles. The maximum absolute atomic E-state index is 11.7. The second-order valence-electron chi connectivity index (χ2n) is 6.04. The Morgan fingerprint density at radius 1 is 0.950 bits per heavy atom. The molecule has 0 aromatic rings. The van der Waals surface area contributed by atoms with Gasteiger partial charge in [-0.2, -0.15) is 5.06 Å². The van der Waals surface area contributed by atoms with E-state index in [1.165, 1.54) is 0 Å². The first-order valence-electron chi connectivity index (χ1n) is 8.07. The number of rotatable bonds is 10. The fraction of sp³-hybridized carbons (Fsp3) is 0.875. The summed E-state index contributed by atoms with van der Waals surface area (Å²) in [5.74, 6) is -0.376. The summed E-state index contributed by atoms with van der Waals surface area (Å²) in [6.07, 6.45) is 9.19. The fourth-order valence-corrected chi connectivity index (χ4v) is 2.59. The van der Waals surface area contributed by atoms with Crippen LogP contribution in [-0.2, 0) is 14.4 Å². The Morgan fingerprint density at radius 2 is 1.40 bits per heavy atom. The largest absolute Gasteiger partial charge is 0.272 e. The quantitative estimate of drug-likeness (QED) is 0.450. The average Bonchev–Trinajstić information content (AvgIpc) is 2.71. The molecule has 116 valence electrons. The molecule has 1 heterocycles. The van der Waals surface area contributed by atoms with Crippen molar-refractivity contribution in [2.45, 2.75) is 90.6 Å². The van der Waals surface area contributed by atoms with Crippen LogP contribution in [0, 0.1) is 0 Å². The average molecular weight is 283 g/mol. The maximum atomic E-state index is 11.7. The zero-order chi connectivity index (χ0) is 15.0. The number of carbonyl (C=O) groups excluding carboxylic acids is 2. The van der Waals surface area contributed by atoms with E-state index in [0.29, 0.717) is 12.8 Å². The molecule has 0 saturated carbocycles. The van der Waals surface area contributed by atoms with Crippen molar-refractivity contribution in [1.82, 2.24) is 5.06 Å². The highest BCUT2D eigenvalue weighted by Crippen LogP contribution is 2.29. The molecule has 1 saturated heterocycles. The minimum Gasteiger partial charge on any atom is -0.272 e. The molecule has 0 aromatic carbocycles. The third-order valence-electron chi connectivity index (χ3n) is 3.94. The summed E-state index contributed by atoms with van der Waals surface area (Å²) >= 11 is 0. The molecule has 1 aliphatic rings. The molecule has 4 heteroatoms. The zero-order valence-corrected chi connectivity index (χ0v) is 13.2. The van der Waals surface area contributed by atoms with Gasteiger partial charge in [0.15, 0.2) is 0 Å². The highest BCUT2D eigenvalue weighted by Gasteiger charge is 2.37. The summed E-state index contributed by atoms with van der Waals surface area (Å²) < 4.78 is 0. The lowest BCUT2D eigenvalue weighted by atomic mass is 9.92. The normalized spacial score (nSPS) is 16.2. The maximum Gasteiger partial charge on any atom is 0.254 e. The molecule has 2 amide bonds. The monoisotopic (exact) mass is 283 g/mol. The minimum atomic E-state index is -0.389. The molecule has 0 atom stereocenters. The van der Waals surface area contributed by atoms with Gasteiger partial charge in [0.05, 0.1) is 5.60 Å². The van der Waals surface area contributed by atoms with Crippen LogP contribution in [0.1, 0.15) is 85.0 Å². The van der Waals surface area contributed by atoms with Crippen molar-refractivity contribution in [3.05, 3.63) is 0 Å². The Hall–Kier alpha value is -0.900. The second kappa shape index (κ2) is 8.40. The van der Waals surface area contributed by atoms with Crippen molar-refractivity contribution in [2.24, 2.45) is 0 Å². The lowest BCUT2D eigenvalue weighted by Gasteiger charge is -2.32. The summed E-state index contributed by atoms with van der Waals surface area (Å²) in [5, 5.41) is 1.03. The minimum absolute atomic E-state index is 0.188. The van der Waals surface area contributed by atoms with Gasteiger partial charge in [0.25, 0.3) is 11.8 Å². The topological polar surface area (TPSA) is 46.6 Å². The van der Waals surface area contributed by atoms with Crippen molar-refractivity contribution in [1.29, 1.82) is 0 Å². The number of nitrogens with zero attached hydrogens (tertiary/aromatic N) is 1. The van der Waals surface area contributed by atoms with Gasteiger partial charge in [0.2, 0.25) is 0 Å². The Morgan fingerprint density at radius 3 is 1.80 bits per heavy atom. The van der Waals surface area contributed by atoms with Gasteiger partial charge in [-0.05, 0) is 19.8 Å². The Bertz CT molecular complexity index is 302. The summed E-state index contributed by atoms with van der Waals surface area (Å²) in [4.78, 5) is 29.3. The summed E-state index contributed by atoms with van der Waals surface area (Å²) in [7, 11) is 0. The number of hydroxylamine groups is 2. The van der Waals surface area contributed by atoms with Crippen LogP contribution in [-0.4, -0.2) is 22.5 Å². The molecular formula is C16H29NO3. The van der Waals surface area contributed by atoms with E-state index in [-0.39, 0.29) is 17.4 Å². The SMILES string of the molecule is CCCCCC(C)(CCCCC)ON1C(=O)CCC1=O. The van der Waals surface area contributed by atoms with Crippen molar-refractivity contribution in [3.63, 3.8) is 0 Å². The summed E-state index contributed by atoms with van der Waals surface area (Å²) in [6.45, 7) is 6.38. The molecule has 0 spiro atoms. The van der Waals surface area contributed by atoms with Crippen LogP contribution in [0.15, 0.2) is 0 Å². The van der Waals surface area contributed by atoms with Crippen LogP contribution in [0.5, 0.6) is 0 Å². The highest BCUT2D eigenvalue weighted by molar-refractivity contribution is 6.00. The van der Waals surface area contributed by atoms with Crippen molar-refractivity contribution in [3.8, 4) is 0 Å². The Kier molecular flexibility index (Phi) is 7.20. The number of hydrogen-bond acceptors (Lipinski definition) is 3. The summed E-state index contributed by atoms with van der Waals surface area (Å²) in [5.41, 5.74) is -0.389. The van der Waals surface area contributed by atoms with Crippen LogP contribution < -0.4 is 0 Å². The third-order valence-corrected chi connectivity index (χ3v) is 3.94. The van der Waals surface area contributed by atoms with Crippen LogP contribution in [0.2, 0.25) is 0 Å². The predicted molar refractivity (Wildman–Crippen MR) is 78.9 cm³/mol. The number of unbranched alkanes of at least 4 members (excludes halogenated alkanes) is 4. The number of carbonyl (C=O) groups is 2. The first-order chi connectivity index (χ1) is 9.52. The lowest BCUT2D eigenvalue weighted by molar-refractivity contribution is -0.230. The van der Waals surface area contributed by atoms with Gasteiger partial charge in [-0.3, -0.25) is 14.4 Å². The molecule has 1 rings (SSSR count). The van der Waals surface area contributed by atoms with E-state index >= 15 is 0 Å². The van der Waals surface area contributed by atoms with Crippen LogP contribution >= 0.6 is 0 Å². The van der Waals surface area contributed by atoms with E-state index < -0.39 is 0 Å². The smallest absolute Gasteiger partial charge is 0.254 e. The molecule has 20 heavy (non-hydrogen) atoms. The van der Waals surface area contributed by atoms with E-state index in [2.05, 4.69) is 13.8 Å². The number of imide groups is 1. The molecular weight excluding hydrogens is 254 g/mol. The first-order valence-corrected chi connectivity index (χ1v) is 8.07. The van der Waals surface area contributed by atoms with Crippen LogP contribution in [0.3, 0.4) is 0 Å². The van der Waals surface area contributed by atoms with Crippen molar-refractivity contribution < 1.29 is 14.4 Å². The van der Waals surface area contributed by atoms with Gasteiger partial charge in [0.1, 0.15) is 0 Å². The van der Waals surface area contributed by atoms with E-state index in [0.717, 1.165) is 56.4 Å². The molecule has 0 bridgehead atoms. The van der Waals surface area contributed by atoms with E-state index in [1.807, 2.05) is 6.92 Å². The molecule has 0 N–H and O–H groups in total. The highest BCUT2D eigenvalue weighted by atomic mass is 16.7. The van der Waals surface area contributed by atoms with Gasteiger partial charge in [-0.25, -0.2) is 0 Å². The van der Waals surface area contributed by atoms with Crippen molar-refractivity contribution in [2.75, 3.05) is 0 Å². The van der Waals surface area contributed by atoms with E-state index in [1.54, 1.807) is 0 Å². The number of amides is 2. The van der Waals surface area contributed by atoms with Gasteiger partial charge < -0.3 is 0 Å². The predicted octanol–water partition coefficient (Wildman–Crippen LogP) is 3.99. The zero-order valence-electron chi connectivity index (χ0n) is 13.2. The summed E-state index contributed by atoms with van der Waals surface area (Å²) in [6, 6.07) is 0. The molecule has 0 unspecified atom stereocenters. The molecule has 0 aromatic heterocycles. The molecule has 4 nitrogen and oxygen atoms in total. The standard InChI is InChI=1S/C16H29NO3/c1-4-6-8-12-16(3,13-9-7-5-2)20-17-14(18)10-11-15(17)19/h4-13H2,1-3H3. The molecule has 0 aliphatic carbocycles.